The highest BCUT2D eigenvalue weighted by atomic mass is 19.2. The fourth-order valence-corrected chi connectivity index (χ4v) is 5.68. The van der Waals surface area contributed by atoms with Crippen LogP contribution in [0.3, 0.4) is 0 Å². The summed E-state index contributed by atoms with van der Waals surface area (Å²) < 4.78 is 56.8. The normalized spacial score (nSPS) is 17.5. The van der Waals surface area contributed by atoms with Crippen LogP contribution in [0, 0.1) is 35.1 Å². The molecule has 0 bridgehead atoms. The minimum atomic E-state index is -1.67. The summed E-state index contributed by atoms with van der Waals surface area (Å²) in [6.45, 7) is 2.24. The van der Waals surface area contributed by atoms with Gasteiger partial charge in [0, 0.05) is 5.56 Å². The number of aryl methyl sites for hydroxylation is 1. The minimum absolute atomic E-state index is 0.269. The molecule has 0 aromatic heterocycles. The third kappa shape index (κ3) is 6.46. The third-order valence-corrected chi connectivity index (χ3v) is 7.93. The van der Waals surface area contributed by atoms with Gasteiger partial charge >= 0.3 is 5.97 Å². The molecule has 1 saturated carbocycles. The Morgan fingerprint density at radius 2 is 1.39 bits per heavy atom. The van der Waals surface area contributed by atoms with Crippen molar-refractivity contribution < 1.29 is 27.5 Å². The van der Waals surface area contributed by atoms with Crippen LogP contribution in [-0.2, 0) is 6.42 Å². The summed E-state index contributed by atoms with van der Waals surface area (Å²) in [5.74, 6) is -5.65. The highest BCUT2D eigenvalue weighted by Crippen LogP contribution is 2.38. The fourth-order valence-electron chi connectivity index (χ4n) is 5.68. The molecule has 3 aromatic carbocycles. The van der Waals surface area contributed by atoms with Gasteiger partial charge in [0.05, 0.1) is 5.56 Å². The van der Waals surface area contributed by atoms with Crippen LogP contribution < -0.4 is 0 Å². The van der Waals surface area contributed by atoms with Gasteiger partial charge in [-0.2, -0.15) is 0 Å². The molecule has 0 spiro atoms. The number of unbranched alkanes of at least 4 members (excludes halogenated alkanes) is 2. The summed E-state index contributed by atoms with van der Waals surface area (Å²) in [6, 6.07) is 11.4. The van der Waals surface area contributed by atoms with E-state index in [0.29, 0.717) is 17.7 Å². The Kier molecular flexibility index (Phi) is 9.24. The van der Waals surface area contributed by atoms with Gasteiger partial charge in [0.25, 0.3) is 0 Å². The van der Waals surface area contributed by atoms with E-state index < -0.39 is 34.8 Å². The minimum Gasteiger partial charge on any atom is -0.478 e. The molecular formula is C32H34F4O2. The first-order valence-corrected chi connectivity index (χ1v) is 13.6. The van der Waals surface area contributed by atoms with E-state index in [-0.39, 0.29) is 16.7 Å². The molecule has 0 unspecified atom stereocenters. The molecule has 1 N–H and O–H groups in total. The summed E-state index contributed by atoms with van der Waals surface area (Å²) in [5, 5.41) is 9.37. The van der Waals surface area contributed by atoms with E-state index in [1.807, 2.05) is 12.1 Å². The topological polar surface area (TPSA) is 37.3 Å². The van der Waals surface area contributed by atoms with E-state index in [2.05, 4.69) is 6.92 Å². The van der Waals surface area contributed by atoms with Crippen molar-refractivity contribution in [3.05, 3.63) is 82.9 Å². The van der Waals surface area contributed by atoms with Crippen LogP contribution >= 0.6 is 0 Å². The van der Waals surface area contributed by atoms with Crippen molar-refractivity contribution in [2.45, 2.75) is 71.1 Å². The molecule has 38 heavy (non-hydrogen) atoms. The van der Waals surface area contributed by atoms with Gasteiger partial charge in [-0.05, 0) is 65.1 Å². The van der Waals surface area contributed by atoms with E-state index in [4.69, 9.17) is 0 Å². The predicted octanol–water partition coefficient (Wildman–Crippen LogP) is 9.59. The Hall–Kier alpha value is -3.15. The number of rotatable bonds is 10. The average molecular weight is 527 g/mol. The van der Waals surface area contributed by atoms with Crippen molar-refractivity contribution in [2.75, 3.05) is 0 Å². The van der Waals surface area contributed by atoms with Crippen LogP contribution in [-0.4, -0.2) is 11.1 Å². The second-order valence-corrected chi connectivity index (χ2v) is 10.5. The number of aromatic carboxylic acids is 1. The van der Waals surface area contributed by atoms with E-state index >= 15 is 4.39 Å². The zero-order valence-corrected chi connectivity index (χ0v) is 21.7. The quantitative estimate of drug-likeness (QED) is 0.162. The van der Waals surface area contributed by atoms with E-state index in [1.54, 1.807) is 12.1 Å². The van der Waals surface area contributed by atoms with Gasteiger partial charge in [-0.1, -0.05) is 88.6 Å². The second kappa shape index (κ2) is 12.6. The zero-order valence-electron chi connectivity index (χ0n) is 21.7. The van der Waals surface area contributed by atoms with Gasteiger partial charge in [-0.25, -0.2) is 22.4 Å². The van der Waals surface area contributed by atoms with Crippen LogP contribution in [0.1, 0.15) is 80.6 Å². The molecular weight excluding hydrogens is 492 g/mol. The molecule has 0 atom stereocenters. The molecule has 0 amide bonds. The molecule has 0 radical (unpaired) electrons. The van der Waals surface area contributed by atoms with Crippen molar-refractivity contribution in [2.24, 2.45) is 11.8 Å². The van der Waals surface area contributed by atoms with Gasteiger partial charge in [0.2, 0.25) is 0 Å². The number of halogens is 4. The zero-order chi connectivity index (χ0) is 27.2. The molecule has 6 heteroatoms. The fraction of sp³-hybridized carbons (Fsp3) is 0.406. The average Bonchev–Trinajstić information content (AvgIpc) is 2.91. The third-order valence-electron chi connectivity index (χ3n) is 7.93. The number of carbonyl (C=O) groups is 1. The number of hydrogen-bond donors (Lipinski definition) is 1. The van der Waals surface area contributed by atoms with Crippen molar-refractivity contribution in [3.8, 4) is 22.3 Å². The molecule has 0 saturated heterocycles. The van der Waals surface area contributed by atoms with Gasteiger partial charge in [-0.3, -0.25) is 0 Å². The molecule has 1 aliphatic rings. The van der Waals surface area contributed by atoms with Crippen LogP contribution in [0.4, 0.5) is 17.6 Å². The summed E-state index contributed by atoms with van der Waals surface area (Å²) in [6.07, 6.45) is 12.5. The summed E-state index contributed by atoms with van der Waals surface area (Å²) >= 11 is 0. The standard InChI is InChI=1S/C32H34F4O2/c1-2-3-4-5-20-6-8-21(9-7-20)10-11-22-12-14-23(15-13-22)25-16-17-26(32(37)38)30(35)29(25)24-18-27(33)31(36)28(34)19-24/h12-21H,2-11H2,1H3,(H,37,38)/t20-,21-. The molecule has 1 fully saturated rings. The van der Waals surface area contributed by atoms with Gasteiger partial charge in [0.1, 0.15) is 5.82 Å². The molecule has 0 heterocycles. The maximum absolute atomic E-state index is 15.3. The lowest BCUT2D eigenvalue weighted by atomic mass is 9.77. The largest absolute Gasteiger partial charge is 0.478 e. The molecule has 3 aromatic rings. The van der Waals surface area contributed by atoms with Gasteiger partial charge in [0.15, 0.2) is 17.5 Å². The monoisotopic (exact) mass is 526 g/mol. The Balaban J connectivity index is 1.50. The predicted molar refractivity (Wildman–Crippen MR) is 142 cm³/mol. The Labute approximate surface area is 221 Å². The Morgan fingerprint density at radius 3 is 1.97 bits per heavy atom. The number of hydrogen-bond acceptors (Lipinski definition) is 1. The van der Waals surface area contributed by atoms with E-state index in [1.165, 1.54) is 57.4 Å². The smallest absolute Gasteiger partial charge is 0.338 e. The molecule has 0 aliphatic heterocycles. The van der Waals surface area contributed by atoms with Crippen molar-refractivity contribution in [3.63, 3.8) is 0 Å². The number of benzene rings is 3. The Bertz CT molecular complexity index is 1240. The highest BCUT2D eigenvalue weighted by Gasteiger charge is 2.23. The first-order chi connectivity index (χ1) is 18.3. The highest BCUT2D eigenvalue weighted by molar-refractivity contribution is 5.94. The van der Waals surface area contributed by atoms with Crippen molar-refractivity contribution >= 4 is 5.97 Å². The molecule has 2 nitrogen and oxygen atoms in total. The first-order valence-electron chi connectivity index (χ1n) is 13.6. The number of carboxylic acid groups (broad SMARTS) is 1. The lowest BCUT2D eigenvalue weighted by Crippen LogP contribution is -2.15. The SMILES string of the molecule is CCCCC[C@H]1CC[C@H](CCc2ccc(-c3ccc(C(=O)O)c(F)c3-c3cc(F)c(F)c(F)c3)cc2)CC1. The maximum Gasteiger partial charge on any atom is 0.338 e. The molecule has 1 aliphatic carbocycles. The maximum atomic E-state index is 15.3. The first kappa shape index (κ1) is 27.9. The summed E-state index contributed by atoms with van der Waals surface area (Å²) in [7, 11) is 0. The summed E-state index contributed by atoms with van der Waals surface area (Å²) in [5.41, 5.74) is 0.785. The van der Waals surface area contributed by atoms with E-state index in [9.17, 15) is 23.1 Å². The van der Waals surface area contributed by atoms with Gasteiger partial charge in [-0.15, -0.1) is 0 Å². The van der Waals surface area contributed by atoms with Crippen molar-refractivity contribution in [1.29, 1.82) is 0 Å². The van der Waals surface area contributed by atoms with E-state index in [0.717, 1.165) is 36.3 Å². The Morgan fingerprint density at radius 1 is 0.789 bits per heavy atom. The van der Waals surface area contributed by atoms with Gasteiger partial charge < -0.3 is 5.11 Å². The summed E-state index contributed by atoms with van der Waals surface area (Å²) in [4.78, 5) is 11.5. The second-order valence-electron chi connectivity index (χ2n) is 10.5. The van der Waals surface area contributed by atoms with Crippen LogP contribution in [0.25, 0.3) is 22.3 Å². The molecule has 202 valence electrons. The van der Waals surface area contributed by atoms with Crippen LogP contribution in [0.15, 0.2) is 48.5 Å². The lowest BCUT2D eigenvalue weighted by Gasteiger charge is -2.28. The van der Waals surface area contributed by atoms with Crippen molar-refractivity contribution in [1.82, 2.24) is 0 Å². The van der Waals surface area contributed by atoms with Crippen LogP contribution in [0.5, 0.6) is 0 Å². The molecule has 4 rings (SSSR count). The number of carboxylic acids is 1. The lowest BCUT2D eigenvalue weighted by molar-refractivity contribution is 0.0692. The van der Waals surface area contributed by atoms with Crippen LogP contribution in [0.2, 0.25) is 0 Å².